The van der Waals surface area contributed by atoms with Crippen molar-refractivity contribution >= 4 is 40.9 Å². The number of benzene rings is 2. The number of anilines is 2. The summed E-state index contributed by atoms with van der Waals surface area (Å²) in [6, 6.07) is 22.4. The predicted molar refractivity (Wildman–Crippen MR) is 139 cm³/mol. The molecule has 34 heavy (non-hydrogen) atoms. The topological polar surface area (TPSA) is 78.9 Å². The molecule has 1 atom stereocenters. The van der Waals surface area contributed by atoms with E-state index in [4.69, 9.17) is 17.2 Å². The van der Waals surface area contributed by atoms with Gasteiger partial charge in [0, 0.05) is 31.5 Å². The van der Waals surface area contributed by atoms with Crippen LogP contribution in [0.25, 0.3) is 0 Å². The van der Waals surface area contributed by atoms with Crippen molar-refractivity contribution in [1.82, 2.24) is 25.3 Å². The first-order valence-electron chi connectivity index (χ1n) is 10.9. The van der Waals surface area contributed by atoms with Crippen molar-refractivity contribution in [2.45, 2.75) is 36.2 Å². The summed E-state index contributed by atoms with van der Waals surface area (Å²) in [5.74, 6) is 1.26. The van der Waals surface area contributed by atoms with Crippen LogP contribution in [0, 0.1) is 0 Å². The van der Waals surface area contributed by atoms with Crippen molar-refractivity contribution in [1.29, 1.82) is 0 Å². The van der Waals surface area contributed by atoms with E-state index in [-0.39, 0.29) is 6.04 Å². The number of rotatable bonds is 6. The van der Waals surface area contributed by atoms with Gasteiger partial charge in [-0.2, -0.15) is 4.98 Å². The molecule has 4 aromatic rings. The van der Waals surface area contributed by atoms with Gasteiger partial charge >= 0.3 is 0 Å². The van der Waals surface area contributed by atoms with E-state index in [0.29, 0.717) is 16.2 Å². The number of thiocarbonyl (C=S) groups is 1. The number of nitrogens with one attached hydrogen (secondary N) is 2. The fourth-order valence-electron chi connectivity index (χ4n) is 3.77. The molecule has 2 N–H and O–H groups in total. The van der Waals surface area contributed by atoms with E-state index in [1.165, 1.54) is 22.9 Å². The van der Waals surface area contributed by atoms with Gasteiger partial charge in [-0.15, -0.1) is 0 Å². The molecule has 0 bridgehead atoms. The Morgan fingerprint density at radius 3 is 2.32 bits per heavy atom. The quantitative estimate of drug-likeness (QED) is 0.223. The third kappa shape index (κ3) is 5.32. The molecular formula is C25H23N7S2. The number of hydrogen-bond donors (Lipinski definition) is 2. The lowest BCUT2D eigenvalue weighted by atomic mass is 10.1. The molecule has 3 heterocycles. The van der Waals surface area contributed by atoms with Crippen molar-refractivity contribution in [3.05, 3.63) is 95.8 Å². The summed E-state index contributed by atoms with van der Waals surface area (Å²) in [5, 5.41) is 8.32. The molecule has 0 aliphatic carbocycles. The minimum Gasteiger partial charge on any atom is -0.356 e. The van der Waals surface area contributed by atoms with Gasteiger partial charge in [-0.05, 0) is 53.7 Å². The summed E-state index contributed by atoms with van der Waals surface area (Å²) < 4.78 is 0. The first-order chi connectivity index (χ1) is 16.6. The number of nitrogens with zero attached hydrogens (tertiary/aromatic N) is 5. The van der Waals surface area contributed by atoms with Crippen molar-refractivity contribution in [2.75, 3.05) is 10.2 Å². The normalized spacial score (nSPS) is 13.3. The van der Waals surface area contributed by atoms with Crippen LogP contribution in [0.3, 0.4) is 0 Å². The van der Waals surface area contributed by atoms with Crippen LogP contribution in [-0.2, 0) is 13.1 Å². The largest absolute Gasteiger partial charge is 0.356 e. The van der Waals surface area contributed by atoms with Crippen LogP contribution in [0.15, 0.2) is 89.3 Å². The zero-order valence-corrected chi connectivity index (χ0v) is 20.2. The minimum atomic E-state index is 0.0454. The highest BCUT2D eigenvalue weighted by Gasteiger charge is 2.21. The van der Waals surface area contributed by atoms with E-state index in [0.717, 1.165) is 29.5 Å². The maximum absolute atomic E-state index is 5.57. The second-order valence-electron chi connectivity index (χ2n) is 7.88. The van der Waals surface area contributed by atoms with Gasteiger partial charge in [-0.25, -0.2) is 15.0 Å². The molecule has 0 saturated carbocycles. The molecule has 0 fully saturated rings. The van der Waals surface area contributed by atoms with Crippen LogP contribution < -0.4 is 15.5 Å². The zero-order valence-electron chi connectivity index (χ0n) is 18.5. The lowest BCUT2D eigenvalue weighted by Crippen LogP contribution is -2.31. The zero-order chi connectivity index (χ0) is 23.3. The van der Waals surface area contributed by atoms with Crippen LogP contribution in [0.1, 0.15) is 29.7 Å². The van der Waals surface area contributed by atoms with Gasteiger partial charge in [0.05, 0.1) is 6.04 Å². The summed E-state index contributed by atoms with van der Waals surface area (Å²) in [5.41, 5.74) is 3.77. The predicted octanol–water partition coefficient (Wildman–Crippen LogP) is 4.99. The monoisotopic (exact) mass is 485 g/mol. The lowest BCUT2D eigenvalue weighted by Gasteiger charge is -2.20. The Morgan fingerprint density at radius 1 is 0.941 bits per heavy atom. The average Bonchev–Trinajstić information content (AvgIpc) is 3.29. The highest BCUT2D eigenvalue weighted by molar-refractivity contribution is 7.99. The van der Waals surface area contributed by atoms with Crippen molar-refractivity contribution in [3.8, 4) is 0 Å². The Bertz CT molecular complexity index is 1260. The molecule has 7 nitrogen and oxygen atoms in total. The first-order valence-corrected chi connectivity index (χ1v) is 12.1. The van der Waals surface area contributed by atoms with Gasteiger partial charge in [-0.3, -0.25) is 0 Å². The van der Waals surface area contributed by atoms with E-state index in [1.807, 2.05) is 24.3 Å². The molecule has 0 radical (unpaired) electrons. The molecule has 0 unspecified atom stereocenters. The highest BCUT2D eigenvalue weighted by Crippen LogP contribution is 2.31. The lowest BCUT2D eigenvalue weighted by molar-refractivity contribution is 0.722. The Labute approximate surface area is 208 Å². The minimum absolute atomic E-state index is 0.0454. The number of aromatic nitrogens is 4. The van der Waals surface area contributed by atoms with Crippen LogP contribution in [0.2, 0.25) is 0 Å². The van der Waals surface area contributed by atoms with E-state index in [9.17, 15) is 0 Å². The summed E-state index contributed by atoms with van der Waals surface area (Å²) in [6.45, 7) is 3.66. The van der Waals surface area contributed by atoms with E-state index >= 15 is 0 Å². The van der Waals surface area contributed by atoms with Crippen LogP contribution in [0.4, 0.5) is 11.8 Å². The standard InChI is InChI=1S/C25H23N7S2/c1-17(18-8-3-2-4-9-18)28-24(33)31-23-29-21(32-15-19-10-5-6-11-20(19)16-32)14-22(30-23)34-25-26-12-7-13-27-25/h2-14,17H,15-16H2,1H3,(H2,28,29,30,31,33)/t17-/m1/s1. The van der Waals surface area contributed by atoms with E-state index in [2.05, 4.69) is 73.8 Å². The van der Waals surface area contributed by atoms with Crippen LogP contribution >= 0.6 is 24.0 Å². The molecule has 1 aliphatic heterocycles. The number of hydrogen-bond acceptors (Lipinski definition) is 7. The van der Waals surface area contributed by atoms with Gasteiger partial charge in [0.25, 0.3) is 0 Å². The molecule has 170 valence electrons. The third-order valence-corrected chi connectivity index (χ3v) is 6.50. The number of fused-ring (bicyclic) bond motifs is 1. The fraction of sp³-hybridized carbons (Fsp3) is 0.160. The molecule has 2 aromatic heterocycles. The van der Waals surface area contributed by atoms with Gasteiger partial charge < -0.3 is 15.5 Å². The van der Waals surface area contributed by atoms with Crippen molar-refractivity contribution in [3.63, 3.8) is 0 Å². The Balaban J connectivity index is 1.37. The van der Waals surface area contributed by atoms with Gasteiger partial charge in [0.2, 0.25) is 5.95 Å². The molecule has 1 aliphatic rings. The van der Waals surface area contributed by atoms with Crippen molar-refractivity contribution in [2.24, 2.45) is 0 Å². The smallest absolute Gasteiger partial charge is 0.232 e. The fourth-order valence-corrected chi connectivity index (χ4v) is 4.75. The molecule has 2 aromatic carbocycles. The van der Waals surface area contributed by atoms with Crippen LogP contribution in [-0.4, -0.2) is 25.0 Å². The molecule has 0 spiro atoms. The maximum Gasteiger partial charge on any atom is 0.232 e. The van der Waals surface area contributed by atoms with Gasteiger partial charge in [0.15, 0.2) is 10.3 Å². The maximum atomic E-state index is 5.57. The Hall–Kier alpha value is -3.56. The summed E-state index contributed by atoms with van der Waals surface area (Å²) in [6.07, 6.45) is 3.44. The first kappa shape index (κ1) is 22.2. The highest BCUT2D eigenvalue weighted by atomic mass is 32.2. The van der Waals surface area contributed by atoms with Gasteiger partial charge in [0.1, 0.15) is 10.8 Å². The van der Waals surface area contributed by atoms with E-state index in [1.54, 1.807) is 18.5 Å². The molecule has 0 amide bonds. The Kier molecular flexibility index (Phi) is 6.64. The molecule has 5 rings (SSSR count). The summed E-state index contributed by atoms with van der Waals surface area (Å²) in [4.78, 5) is 20.3. The third-order valence-electron chi connectivity index (χ3n) is 5.46. The SMILES string of the molecule is C[C@@H](NC(=S)Nc1nc(Sc2ncccn2)cc(N2Cc3ccccc3C2)n1)c1ccccc1. The van der Waals surface area contributed by atoms with Gasteiger partial charge in [-0.1, -0.05) is 54.6 Å². The van der Waals surface area contributed by atoms with Crippen LogP contribution in [0.5, 0.6) is 0 Å². The molecule has 9 heteroatoms. The molecule has 0 saturated heterocycles. The molecular weight excluding hydrogens is 462 g/mol. The van der Waals surface area contributed by atoms with Crippen molar-refractivity contribution < 1.29 is 0 Å². The summed E-state index contributed by atoms with van der Waals surface area (Å²) in [7, 11) is 0. The van der Waals surface area contributed by atoms with E-state index < -0.39 is 0 Å². The average molecular weight is 486 g/mol. The summed E-state index contributed by atoms with van der Waals surface area (Å²) >= 11 is 6.97. The second-order valence-corrected chi connectivity index (χ2v) is 9.27. The second kappa shape index (κ2) is 10.1. The Morgan fingerprint density at radius 2 is 1.62 bits per heavy atom.